The van der Waals surface area contributed by atoms with Gasteiger partial charge in [-0.25, -0.2) is 0 Å². The summed E-state index contributed by atoms with van der Waals surface area (Å²) >= 11 is 0. The zero-order valence-electron chi connectivity index (χ0n) is 9.31. The molecule has 76 valence electrons. The summed E-state index contributed by atoms with van der Waals surface area (Å²) < 4.78 is 0. The van der Waals surface area contributed by atoms with Crippen molar-refractivity contribution in [1.29, 1.82) is 10.5 Å². The van der Waals surface area contributed by atoms with E-state index in [4.69, 9.17) is 10.5 Å². The van der Waals surface area contributed by atoms with Crippen LogP contribution in [0.1, 0.15) is 40.5 Å². The first-order chi connectivity index (χ1) is 6.44. The molecule has 0 bridgehead atoms. The van der Waals surface area contributed by atoms with Crippen LogP contribution in [0, 0.1) is 22.7 Å². The van der Waals surface area contributed by atoms with Gasteiger partial charge in [0.05, 0.1) is 11.6 Å². The Kier molecular flexibility index (Phi) is 4.73. The number of nitriles is 2. The number of nitrogens with one attached hydrogen (secondary N) is 1. The van der Waals surface area contributed by atoms with Gasteiger partial charge in [-0.1, -0.05) is 13.3 Å². The maximum Gasteiger partial charge on any atom is 0.127 e. The van der Waals surface area contributed by atoms with Crippen molar-refractivity contribution in [2.24, 2.45) is 0 Å². The van der Waals surface area contributed by atoms with E-state index in [1.165, 1.54) is 0 Å². The number of hydrogen-bond donors (Lipinski definition) is 1. The summed E-state index contributed by atoms with van der Waals surface area (Å²) in [7, 11) is 0. The van der Waals surface area contributed by atoms with Crippen molar-refractivity contribution in [2.45, 2.75) is 46.1 Å². The fraction of sp³-hybridized carbons (Fsp3) is 0.636. The monoisotopic (exact) mass is 191 g/mol. The molecule has 0 saturated carbocycles. The van der Waals surface area contributed by atoms with Gasteiger partial charge in [-0.2, -0.15) is 10.5 Å². The topological polar surface area (TPSA) is 59.6 Å². The van der Waals surface area contributed by atoms with Crippen LogP contribution in [-0.2, 0) is 0 Å². The molecule has 0 heterocycles. The van der Waals surface area contributed by atoms with Crippen molar-refractivity contribution in [3.63, 3.8) is 0 Å². The van der Waals surface area contributed by atoms with E-state index in [1.54, 1.807) is 0 Å². The number of hydrogen-bond acceptors (Lipinski definition) is 3. The third-order valence-corrected chi connectivity index (χ3v) is 1.55. The number of rotatable bonds is 3. The van der Waals surface area contributed by atoms with E-state index in [9.17, 15) is 0 Å². The molecule has 0 atom stereocenters. The van der Waals surface area contributed by atoms with E-state index in [1.807, 2.05) is 33.8 Å². The van der Waals surface area contributed by atoms with Crippen LogP contribution >= 0.6 is 0 Å². The third-order valence-electron chi connectivity index (χ3n) is 1.55. The van der Waals surface area contributed by atoms with E-state index in [-0.39, 0.29) is 5.54 Å². The Morgan fingerprint density at radius 1 is 1.21 bits per heavy atom. The van der Waals surface area contributed by atoms with Crippen LogP contribution in [0.5, 0.6) is 0 Å². The van der Waals surface area contributed by atoms with Crippen molar-refractivity contribution in [3.05, 3.63) is 11.3 Å². The van der Waals surface area contributed by atoms with Gasteiger partial charge in [-0.05, 0) is 27.2 Å². The van der Waals surface area contributed by atoms with E-state index in [0.29, 0.717) is 17.7 Å². The summed E-state index contributed by atoms with van der Waals surface area (Å²) in [5.41, 5.74) is 0.771. The summed E-state index contributed by atoms with van der Waals surface area (Å²) in [5.74, 6) is 0. The molecule has 0 rings (SSSR count). The predicted molar refractivity (Wildman–Crippen MR) is 56.0 cm³/mol. The minimum Gasteiger partial charge on any atom is -0.371 e. The fourth-order valence-electron chi connectivity index (χ4n) is 1.03. The first kappa shape index (κ1) is 12.5. The molecule has 0 aliphatic rings. The highest BCUT2D eigenvalue weighted by Crippen LogP contribution is 2.11. The quantitative estimate of drug-likeness (QED) is 0.697. The third kappa shape index (κ3) is 4.52. The second kappa shape index (κ2) is 5.29. The lowest BCUT2D eigenvalue weighted by Gasteiger charge is -2.21. The zero-order chi connectivity index (χ0) is 11.2. The van der Waals surface area contributed by atoms with Gasteiger partial charge in [0, 0.05) is 5.54 Å². The Bertz CT molecular complexity index is 294. The molecule has 0 amide bonds. The van der Waals surface area contributed by atoms with Crippen molar-refractivity contribution in [1.82, 2.24) is 5.32 Å². The van der Waals surface area contributed by atoms with Crippen LogP contribution in [0.4, 0.5) is 0 Å². The first-order valence-electron chi connectivity index (χ1n) is 4.76. The Hall–Kier alpha value is -1.48. The van der Waals surface area contributed by atoms with Gasteiger partial charge < -0.3 is 5.32 Å². The molecule has 0 aliphatic heterocycles. The lowest BCUT2D eigenvalue weighted by molar-refractivity contribution is 0.478. The Labute approximate surface area is 86.0 Å². The average Bonchev–Trinajstić information content (AvgIpc) is 2.09. The molecule has 3 heteroatoms. The van der Waals surface area contributed by atoms with E-state index in [2.05, 4.69) is 11.4 Å². The summed E-state index contributed by atoms with van der Waals surface area (Å²) in [6.07, 6.45) is 1.53. The summed E-state index contributed by atoms with van der Waals surface area (Å²) in [6, 6.07) is 4.11. The smallest absolute Gasteiger partial charge is 0.127 e. The van der Waals surface area contributed by atoms with Gasteiger partial charge >= 0.3 is 0 Å². The molecule has 0 radical (unpaired) electrons. The molecule has 0 aromatic carbocycles. The predicted octanol–water partition coefficient (Wildman–Crippen LogP) is 2.48. The van der Waals surface area contributed by atoms with Gasteiger partial charge in [0.1, 0.15) is 11.8 Å². The van der Waals surface area contributed by atoms with Crippen molar-refractivity contribution in [3.8, 4) is 12.1 Å². The molecule has 3 nitrogen and oxygen atoms in total. The van der Waals surface area contributed by atoms with Gasteiger partial charge in [0.25, 0.3) is 0 Å². The van der Waals surface area contributed by atoms with Gasteiger partial charge in [0.2, 0.25) is 0 Å². The largest absolute Gasteiger partial charge is 0.371 e. The van der Waals surface area contributed by atoms with Gasteiger partial charge in [-0.15, -0.1) is 0 Å². The lowest BCUT2D eigenvalue weighted by atomic mass is 10.1. The average molecular weight is 191 g/mol. The maximum absolute atomic E-state index is 8.90. The van der Waals surface area contributed by atoms with Crippen LogP contribution < -0.4 is 5.32 Å². The minimum atomic E-state index is -0.180. The van der Waals surface area contributed by atoms with Crippen LogP contribution in [0.15, 0.2) is 11.3 Å². The molecule has 0 aromatic heterocycles. The van der Waals surface area contributed by atoms with Gasteiger partial charge in [-0.3, -0.25) is 0 Å². The molecular formula is C11H17N3. The summed E-state index contributed by atoms with van der Waals surface area (Å²) in [5, 5.41) is 20.8. The highest BCUT2D eigenvalue weighted by molar-refractivity contribution is 5.36. The SMILES string of the molecule is CCC/C(C#N)=C(\C#N)NC(C)(C)C. The molecule has 0 saturated heterocycles. The molecule has 14 heavy (non-hydrogen) atoms. The molecular weight excluding hydrogens is 174 g/mol. The standard InChI is InChI=1S/C11H17N3/c1-5-6-9(7-12)10(8-13)14-11(2,3)4/h14H,5-6H2,1-4H3/b10-9-. The van der Waals surface area contributed by atoms with Crippen molar-refractivity contribution >= 4 is 0 Å². The molecule has 0 fully saturated rings. The summed E-state index contributed by atoms with van der Waals surface area (Å²) in [4.78, 5) is 0. The normalized spacial score (nSPS) is 12.4. The Morgan fingerprint density at radius 2 is 1.79 bits per heavy atom. The van der Waals surface area contributed by atoms with E-state index < -0.39 is 0 Å². The molecule has 0 aliphatic carbocycles. The number of allylic oxidation sites excluding steroid dienone is 2. The van der Waals surface area contributed by atoms with Gasteiger partial charge in [0.15, 0.2) is 0 Å². The molecule has 0 unspecified atom stereocenters. The molecule has 1 N–H and O–H groups in total. The molecule has 0 aromatic rings. The fourth-order valence-corrected chi connectivity index (χ4v) is 1.03. The van der Waals surface area contributed by atoms with Crippen LogP contribution in [0.25, 0.3) is 0 Å². The highest BCUT2D eigenvalue weighted by Gasteiger charge is 2.14. The van der Waals surface area contributed by atoms with Crippen LogP contribution in [0.3, 0.4) is 0 Å². The van der Waals surface area contributed by atoms with Crippen molar-refractivity contribution < 1.29 is 0 Å². The lowest BCUT2D eigenvalue weighted by Crippen LogP contribution is -2.35. The maximum atomic E-state index is 8.90. The molecule has 0 spiro atoms. The van der Waals surface area contributed by atoms with Crippen LogP contribution in [-0.4, -0.2) is 5.54 Å². The number of nitrogens with zero attached hydrogens (tertiary/aromatic N) is 2. The minimum absolute atomic E-state index is 0.180. The van der Waals surface area contributed by atoms with Crippen molar-refractivity contribution in [2.75, 3.05) is 0 Å². The summed E-state index contributed by atoms with van der Waals surface area (Å²) in [6.45, 7) is 7.88. The van der Waals surface area contributed by atoms with E-state index in [0.717, 1.165) is 6.42 Å². The Balaban J connectivity index is 4.86. The Morgan fingerprint density at radius 3 is 2.07 bits per heavy atom. The first-order valence-corrected chi connectivity index (χ1v) is 4.76. The second-order valence-electron chi connectivity index (χ2n) is 4.20. The van der Waals surface area contributed by atoms with Crippen LogP contribution in [0.2, 0.25) is 0 Å². The second-order valence-corrected chi connectivity index (χ2v) is 4.20. The highest BCUT2D eigenvalue weighted by atomic mass is 15.0. The van der Waals surface area contributed by atoms with E-state index >= 15 is 0 Å². The zero-order valence-corrected chi connectivity index (χ0v) is 9.31.